The van der Waals surface area contributed by atoms with Gasteiger partial charge < -0.3 is 23.9 Å². The van der Waals surface area contributed by atoms with Crippen molar-refractivity contribution in [3.05, 3.63) is 24.1 Å². The van der Waals surface area contributed by atoms with Crippen molar-refractivity contribution >= 4 is 17.0 Å². The molecule has 2 aliphatic rings. The van der Waals surface area contributed by atoms with Gasteiger partial charge in [-0.05, 0) is 18.8 Å². The highest BCUT2D eigenvalue weighted by Gasteiger charge is 2.23. The third-order valence-corrected chi connectivity index (χ3v) is 5.61. The van der Waals surface area contributed by atoms with Crippen molar-refractivity contribution in [2.24, 2.45) is 5.92 Å². The van der Waals surface area contributed by atoms with Gasteiger partial charge >= 0.3 is 0 Å². The lowest BCUT2D eigenvalue weighted by molar-refractivity contribution is -0.908. The molecule has 0 unspecified atom stereocenters. The van der Waals surface area contributed by atoms with Gasteiger partial charge in [0.2, 0.25) is 0 Å². The van der Waals surface area contributed by atoms with E-state index < -0.39 is 0 Å². The molecule has 2 fully saturated rings. The highest BCUT2D eigenvalue weighted by molar-refractivity contribution is 5.97. The van der Waals surface area contributed by atoms with Gasteiger partial charge in [-0.1, -0.05) is 6.42 Å². The Bertz CT molecular complexity index is 711. The second kappa shape index (κ2) is 7.62. The molecule has 0 bridgehead atoms. The normalized spacial score (nSPS) is 19.2. The smallest absolute Gasteiger partial charge is 0.268 e. The predicted octanol–water partition coefficient (Wildman–Crippen LogP) is 1.07. The lowest BCUT2D eigenvalue weighted by atomic mass is 9.85. The fourth-order valence-electron chi connectivity index (χ4n) is 3.84. The maximum absolute atomic E-state index is 12.7. The van der Waals surface area contributed by atoms with Crippen molar-refractivity contribution in [3.63, 3.8) is 0 Å². The molecule has 0 atom stereocenters. The van der Waals surface area contributed by atoms with E-state index in [9.17, 15) is 4.79 Å². The molecule has 1 amide bonds. The number of furan rings is 1. The number of hydrogen-bond acceptors (Lipinski definition) is 3. The number of fused-ring (bicyclic) bond motifs is 1. The maximum Gasteiger partial charge on any atom is 0.268 e. The van der Waals surface area contributed by atoms with Crippen LogP contribution < -0.4 is 10.2 Å². The molecule has 6 heteroatoms. The number of aromatic nitrogens is 1. The van der Waals surface area contributed by atoms with E-state index in [1.165, 1.54) is 19.3 Å². The summed E-state index contributed by atoms with van der Waals surface area (Å²) in [6.07, 6.45) is 6.54. The number of morpholine rings is 1. The minimum Gasteiger partial charge on any atom is -0.463 e. The number of rotatable bonds is 7. The van der Waals surface area contributed by atoms with Gasteiger partial charge in [0.05, 0.1) is 31.5 Å². The summed E-state index contributed by atoms with van der Waals surface area (Å²) >= 11 is 0. The van der Waals surface area contributed by atoms with E-state index >= 15 is 0 Å². The summed E-state index contributed by atoms with van der Waals surface area (Å²) in [7, 11) is 0. The van der Waals surface area contributed by atoms with Crippen molar-refractivity contribution in [2.45, 2.75) is 32.2 Å². The van der Waals surface area contributed by atoms with Crippen LogP contribution in [-0.2, 0) is 11.3 Å². The first-order valence-electron chi connectivity index (χ1n) is 9.57. The van der Waals surface area contributed by atoms with Gasteiger partial charge in [0.25, 0.3) is 5.91 Å². The van der Waals surface area contributed by atoms with Crippen molar-refractivity contribution in [1.82, 2.24) is 9.88 Å². The second-order valence-electron chi connectivity index (χ2n) is 7.33. The molecular formula is C19H28N3O3+. The molecule has 1 aliphatic carbocycles. The van der Waals surface area contributed by atoms with E-state index in [1.807, 2.05) is 12.1 Å². The largest absolute Gasteiger partial charge is 0.463 e. The van der Waals surface area contributed by atoms with Gasteiger partial charge in [0.1, 0.15) is 18.8 Å². The minimum atomic E-state index is 0.0164. The summed E-state index contributed by atoms with van der Waals surface area (Å²) in [4.78, 5) is 14.2. The van der Waals surface area contributed by atoms with Gasteiger partial charge in [-0.2, -0.15) is 0 Å². The van der Waals surface area contributed by atoms with Crippen LogP contribution in [0.15, 0.2) is 22.8 Å². The van der Waals surface area contributed by atoms with Gasteiger partial charge in [0, 0.05) is 31.6 Å². The fourth-order valence-corrected chi connectivity index (χ4v) is 3.84. The van der Waals surface area contributed by atoms with Gasteiger partial charge in [-0.15, -0.1) is 0 Å². The van der Waals surface area contributed by atoms with Crippen LogP contribution in [0.1, 0.15) is 36.2 Å². The zero-order chi connectivity index (χ0) is 17.1. The van der Waals surface area contributed by atoms with E-state index in [1.54, 1.807) is 11.2 Å². The summed E-state index contributed by atoms with van der Waals surface area (Å²) < 4.78 is 13.0. The molecule has 6 nitrogen and oxygen atoms in total. The first kappa shape index (κ1) is 16.7. The molecule has 4 rings (SSSR count). The maximum atomic E-state index is 12.7. The van der Waals surface area contributed by atoms with E-state index in [-0.39, 0.29) is 5.91 Å². The van der Waals surface area contributed by atoms with E-state index in [2.05, 4.69) is 9.88 Å². The quantitative estimate of drug-likeness (QED) is 0.738. The fraction of sp³-hybridized carbons (Fsp3) is 0.632. The number of ether oxygens (including phenoxy) is 1. The Balaban J connectivity index is 1.34. The summed E-state index contributed by atoms with van der Waals surface area (Å²) in [5.74, 6) is 0.713. The third-order valence-electron chi connectivity index (χ3n) is 5.61. The molecule has 2 aromatic rings. The molecule has 0 aromatic carbocycles. The Kier molecular flexibility index (Phi) is 5.08. The minimum absolute atomic E-state index is 0.0164. The van der Waals surface area contributed by atoms with Crippen molar-refractivity contribution in [3.8, 4) is 0 Å². The highest BCUT2D eigenvalue weighted by Crippen LogP contribution is 2.31. The number of quaternary nitrogens is 1. The molecule has 0 radical (unpaired) electrons. The van der Waals surface area contributed by atoms with Crippen LogP contribution in [0.25, 0.3) is 11.1 Å². The molecule has 1 saturated carbocycles. The summed E-state index contributed by atoms with van der Waals surface area (Å²) in [6.45, 7) is 6.60. The molecule has 0 spiro atoms. The van der Waals surface area contributed by atoms with Crippen molar-refractivity contribution in [1.29, 1.82) is 0 Å². The second-order valence-corrected chi connectivity index (χ2v) is 7.33. The highest BCUT2D eigenvalue weighted by atomic mass is 16.5. The standard InChI is InChI=1S/C19H27N3O3/c23-19(20-6-2-7-21-8-11-24-12-9-21)17-13-18-16(5-10-25-18)22(17)14-15-3-1-4-15/h5,10,13,15H,1-4,6-9,11-12,14H2,(H,20,23)/p+1. The van der Waals surface area contributed by atoms with Crippen LogP contribution in [0.3, 0.4) is 0 Å². The van der Waals surface area contributed by atoms with E-state index in [0.29, 0.717) is 5.92 Å². The summed E-state index contributed by atoms with van der Waals surface area (Å²) in [5.41, 5.74) is 2.58. The topological polar surface area (TPSA) is 60.8 Å². The Hall–Kier alpha value is -1.79. The zero-order valence-corrected chi connectivity index (χ0v) is 14.8. The number of nitrogens with zero attached hydrogens (tertiary/aromatic N) is 1. The Labute approximate surface area is 148 Å². The average Bonchev–Trinajstić information content (AvgIpc) is 3.17. The number of amides is 1. The molecule has 25 heavy (non-hydrogen) atoms. The van der Waals surface area contributed by atoms with Gasteiger partial charge in [-0.25, -0.2) is 0 Å². The Morgan fingerprint density at radius 1 is 1.32 bits per heavy atom. The number of nitrogens with one attached hydrogen (secondary N) is 2. The van der Waals surface area contributed by atoms with Crippen LogP contribution in [0.5, 0.6) is 0 Å². The zero-order valence-electron chi connectivity index (χ0n) is 14.8. The molecule has 1 aliphatic heterocycles. The van der Waals surface area contributed by atoms with Gasteiger partial charge in [-0.3, -0.25) is 4.79 Å². The van der Waals surface area contributed by atoms with Crippen LogP contribution >= 0.6 is 0 Å². The van der Waals surface area contributed by atoms with E-state index in [4.69, 9.17) is 9.15 Å². The van der Waals surface area contributed by atoms with Crippen LogP contribution in [0.2, 0.25) is 0 Å². The number of carbonyl (C=O) groups excluding carboxylic acids is 1. The third kappa shape index (κ3) is 3.75. The van der Waals surface area contributed by atoms with Crippen LogP contribution in [0, 0.1) is 5.92 Å². The molecule has 2 aromatic heterocycles. The molecule has 2 N–H and O–H groups in total. The monoisotopic (exact) mass is 346 g/mol. The van der Waals surface area contributed by atoms with Crippen LogP contribution in [0.4, 0.5) is 0 Å². The predicted molar refractivity (Wildman–Crippen MR) is 94.9 cm³/mol. The van der Waals surface area contributed by atoms with Gasteiger partial charge in [0.15, 0.2) is 5.58 Å². The summed E-state index contributed by atoms with van der Waals surface area (Å²) in [5, 5.41) is 3.09. The average molecular weight is 346 g/mol. The lowest BCUT2D eigenvalue weighted by Crippen LogP contribution is -3.14. The molecule has 3 heterocycles. The van der Waals surface area contributed by atoms with Crippen molar-refractivity contribution < 1.29 is 18.8 Å². The SMILES string of the molecule is O=C(NCCC[NH+]1CCOCC1)c1cc2occc2n1CC1CCC1. The molecule has 1 saturated heterocycles. The first-order valence-corrected chi connectivity index (χ1v) is 9.57. The number of hydrogen-bond donors (Lipinski definition) is 2. The van der Waals surface area contributed by atoms with Crippen molar-refractivity contribution in [2.75, 3.05) is 39.4 Å². The Morgan fingerprint density at radius 2 is 2.16 bits per heavy atom. The first-order chi connectivity index (χ1) is 12.3. The molecule has 136 valence electrons. The Morgan fingerprint density at radius 3 is 2.92 bits per heavy atom. The lowest BCUT2D eigenvalue weighted by Gasteiger charge is -2.26. The van der Waals surface area contributed by atoms with Crippen LogP contribution in [-0.4, -0.2) is 49.9 Å². The van der Waals surface area contributed by atoms with E-state index in [0.717, 1.165) is 69.2 Å². The number of carbonyl (C=O) groups is 1. The summed E-state index contributed by atoms with van der Waals surface area (Å²) in [6, 6.07) is 3.85. The molecular weight excluding hydrogens is 318 g/mol.